The molecule has 0 atom stereocenters. The lowest BCUT2D eigenvalue weighted by Gasteiger charge is -2.12. The molecule has 2 aromatic carbocycles. The molecule has 146 valence electrons. The molecule has 9 heteroatoms. The Hall–Kier alpha value is -3.62. The van der Waals surface area contributed by atoms with Crippen molar-refractivity contribution >= 4 is 23.2 Å². The lowest BCUT2D eigenvalue weighted by molar-refractivity contribution is -0.385. The number of anilines is 1. The van der Waals surface area contributed by atoms with Crippen LogP contribution < -0.4 is 20.1 Å². The molecule has 2 N–H and O–H groups in total. The lowest BCUT2D eigenvalue weighted by Crippen LogP contribution is -2.28. The number of benzene rings is 2. The Morgan fingerprint density at radius 2 is 1.96 bits per heavy atom. The molecule has 28 heavy (non-hydrogen) atoms. The largest absolute Gasteiger partial charge is 0.496 e. The molecule has 0 unspecified atom stereocenters. The maximum atomic E-state index is 12.3. The highest BCUT2D eigenvalue weighted by Crippen LogP contribution is 2.31. The second-order valence-electron chi connectivity index (χ2n) is 6.22. The van der Waals surface area contributed by atoms with Crippen molar-refractivity contribution in [1.29, 1.82) is 0 Å². The van der Waals surface area contributed by atoms with Crippen LogP contribution in [0.15, 0.2) is 42.5 Å². The molecule has 1 aliphatic carbocycles. The number of nitrogens with zero attached hydrogens (tertiary/aromatic N) is 1. The number of rotatable bonds is 8. The summed E-state index contributed by atoms with van der Waals surface area (Å²) in [5, 5.41) is 16.6. The highest BCUT2D eigenvalue weighted by Gasteiger charge is 2.25. The van der Waals surface area contributed by atoms with Crippen molar-refractivity contribution in [3.05, 3.63) is 58.1 Å². The van der Waals surface area contributed by atoms with Crippen LogP contribution in [-0.2, 0) is 4.79 Å². The number of hydrogen-bond donors (Lipinski definition) is 2. The lowest BCUT2D eigenvalue weighted by atomic mass is 10.1. The van der Waals surface area contributed by atoms with E-state index < -0.39 is 17.4 Å². The third kappa shape index (κ3) is 4.76. The molecule has 0 heterocycles. The second-order valence-corrected chi connectivity index (χ2v) is 6.22. The van der Waals surface area contributed by atoms with Crippen molar-refractivity contribution in [1.82, 2.24) is 5.32 Å². The second kappa shape index (κ2) is 8.38. The number of methoxy groups -OCH3 is 1. The van der Waals surface area contributed by atoms with Crippen LogP contribution in [0.2, 0.25) is 0 Å². The maximum Gasteiger partial charge on any atom is 0.314 e. The summed E-state index contributed by atoms with van der Waals surface area (Å²) in [6.45, 7) is -0.453. The van der Waals surface area contributed by atoms with Crippen molar-refractivity contribution in [2.45, 2.75) is 18.9 Å². The van der Waals surface area contributed by atoms with Gasteiger partial charge in [0.1, 0.15) is 5.75 Å². The number of amides is 2. The Kier molecular flexibility index (Phi) is 5.73. The van der Waals surface area contributed by atoms with Gasteiger partial charge in [0.15, 0.2) is 12.4 Å². The van der Waals surface area contributed by atoms with Crippen LogP contribution in [0.25, 0.3) is 0 Å². The molecule has 0 aromatic heterocycles. The quantitative estimate of drug-likeness (QED) is 0.532. The summed E-state index contributed by atoms with van der Waals surface area (Å²) >= 11 is 0. The average Bonchev–Trinajstić information content (AvgIpc) is 3.50. The van der Waals surface area contributed by atoms with Gasteiger partial charge in [0, 0.05) is 6.04 Å². The first-order valence-corrected chi connectivity index (χ1v) is 8.63. The summed E-state index contributed by atoms with van der Waals surface area (Å²) in [4.78, 5) is 35.1. The molecular formula is C19H19N3O6. The average molecular weight is 385 g/mol. The zero-order valence-corrected chi connectivity index (χ0v) is 15.1. The number of para-hydroxylation sites is 1. The maximum absolute atomic E-state index is 12.3. The fraction of sp³-hybridized carbons (Fsp3) is 0.263. The molecular weight excluding hydrogens is 366 g/mol. The number of hydrogen-bond acceptors (Lipinski definition) is 6. The highest BCUT2D eigenvalue weighted by molar-refractivity contribution is 6.04. The molecule has 1 aliphatic rings. The van der Waals surface area contributed by atoms with Crippen LogP contribution in [-0.4, -0.2) is 36.5 Å². The number of carbonyl (C=O) groups excluding carboxylic acids is 2. The van der Waals surface area contributed by atoms with Crippen LogP contribution in [0.4, 0.5) is 11.4 Å². The standard InChI is InChI=1S/C19H19N3O6/c1-27-13-8-9-17(16(10-13)22(25)26)28-11-18(23)21-15-5-3-2-4-14(15)19(24)20-12-6-7-12/h2-5,8-10,12H,6-7,11H2,1H3,(H,20,24)(H,21,23). The minimum absolute atomic E-state index is 0.0549. The smallest absolute Gasteiger partial charge is 0.314 e. The van der Waals surface area contributed by atoms with Gasteiger partial charge in [0.2, 0.25) is 0 Å². The minimum Gasteiger partial charge on any atom is -0.496 e. The van der Waals surface area contributed by atoms with Crippen molar-refractivity contribution < 1.29 is 24.0 Å². The summed E-state index contributed by atoms with van der Waals surface area (Å²) in [5.41, 5.74) is 0.382. The Morgan fingerprint density at radius 1 is 1.21 bits per heavy atom. The van der Waals surface area contributed by atoms with Crippen molar-refractivity contribution in [3.63, 3.8) is 0 Å². The van der Waals surface area contributed by atoms with E-state index in [0.29, 0.717) is 17.0 Å². The highest BCUT2D eigenvalue weighted by atomic mass is 16.6. The Bertz CT molecular complexity index is 910. The van der Waals surface area contributed by atoms with Gasteiger partial charge < -0.3 is 20.1 Å². The summed E-state index contributed by atoms with van der Waals surface area (Å²) in [5.74, 6) is -0.554. The molecule has 0 radical (unpaired) electrons. The number of nitrogens with one attached hydrogen (secondary N) is 2. The number of ether oxygens (including phenoxy) is 2. The molecule has 1 saturated carbocycles. The zero-order valence-electron chi connectivity index (χ0n) is 15.1. The minimum atomic E-state index is -0.618. The van der Waals surface area contributed by atoms with Crippen molar-refractivity contribution in [3.8, 4) is 11.5 Å². The first kappa shape index (κ1) is 19.2. The monoisotopic (exact) mass is 385 g/mol. The molecule has 3 rings (SSSR count). The van der Waals surface area contributed by atoms with Crippen LogP contribution in [0.5, 0.6) is 11.5 Å². The van der Waals surface area contributed by atoms with Gasteiger partial charge in [-0.2, -0.15) is 0 Å². The van der Waals surface area contributed by atoms with Gasteiger partial charge in [0.25, 0.3) is 11.8 Å². The summed E-state index contributed by atoms with van der Waals surface area (Å²) in [7, 11) is 1.39. The molecule has 0 saturated heterocycles. The Balaban J connectivity index is 1.65. The molecule has 9 nitrogen and oxygen atoms in total. The van der Waals surface area contributed by atoms with Crippen LogP contribution >= 0.6 is 0 Å². The third-order valence-electron chi connectivity index (χ3n) is 4.08. The van der Waals surface area contributed by atoms with E-state index in [0.717, 1.165) is 12.8 Å². The van der Waals surface area contributed by atoms with E-state index in [-0.39, 0.29) is 23.4 Å². The summed E-state index contributed by atoms with van der Waals surface area (Å²) in [6.07, 6.45) is 1.91. The molecule has 2 aromatic rings. The predicted octanol–water partition coefficient (Wildman–Crippen LogP) is 2.51. The van der Waals surface area contributed by atoms with E-state index in [1.807, 2.05) is 0 Å². The van der Waals surface area contributed by atoms with Crippen LogP contribution in [0, 0.1) is 10.1 Å². The topological polar surface area (TPSA) is 120 Å². The number of nitro benzene ring substituents is 1. The van der Waals surface area contributed by atoms with E-state index in [4.69, 9.17) is 9.47 Å². The Morgan fingerprint density at radius 3 is 2.64 bits per heavy atom. The van der Waals surface area contributed by atoms with Gasteiger partial charge in [0.05, 0.1) is 29.4 Å². The number of carbonyl (C=O) groups is 2. The van der Waals surface area contributed by atoms with Gasteiger partial charge in [-0.1, -0.05) is 12.1 Å². The fourth-order valence-corrected chi connectivity index (χ4v) is 2.50. The van der Waals surface area contributed by atoms with Gasteiger partial charge in [-0.3, -0.25) is 19.7 Å². The Labute approximate surface area is 160 Å². The van der Waals surface area contributed by atoms with E-state index in [1.54, 1.807) is 24.3 Å². The van der Waals surface area contributed by atoms with Crippen LogP contribution in [0.1, 0.15) is 23.2 Å². The first-order chi connectivity index (χ1) is 13.5. The fourth-order valence-electron chi connectivity index (χ4n) is 2.50. The van der Waals surface area contributed by atoms with Crippen molar-refractivity contribution in [2.24, 2.45) is 0 Å². The normalized spacial score (nSPS) is 12.8. The van der Waals surface area contributed by atoms with E-state index in [2.05, 4.69) is 10.6 Å². The first-order valence-electron chi connectivity index (χ1n) is 8.63. The van der Waals surface area contributed by atoms with Gasteiger partial charge in [-0.05, 0) is 37.1 Å². The van der Waals surface area contributed by atoms with E-state index >= 15 is 0 Å². The summed E-state index contributed by atoms with van der Waals surface area (Å²) in [6, 6.07) is 10.9. The zero-order chi connectivity index (χ0) is 20.1. The van der Waals surface area contributed by atoms with Gasteiger partial charge in [-0.15, -0.1) is 0 Å². The van der Waals surface area contributed by atoms with Crippen molar-refractivity contribution in [2.75, 3.05) is 19.0 Å². The van der Waals surface area contributed by atoms with E-state index in [1.165, 1.54) is 25.3 Å². The molecule has 0 spiro atoms. The molecule has 2 amide bonds. The molecule has 0 aliphatic heterocycles. The number of nitro groups is 1. The summed E-state index contributed by atoms with van der Waals surface area (Å²) < 4.78 is 10.3. The van der Waals surface area contributed by atoms with Crippen LogP contribution in [0.3, 0.4) is 0 Å². The molecule has 0 bridgehead atoms. The SMILES string of the molecule is COc1ccc(OCC(=O)Nc2ccccc2C(=O)NC2CC2)c([N+](=O)[O-])c1. The molecule has 1 fully saturated rings. The van der Waals surface area contributed by atoms with E-state index in [9.17, 15) is 19.7 Å². The van der Waals surface area contributed by atoms with Gasteiger partial charge >= 0.3 is 5.69 Å². The van der Waals surface area contributed by atoms with Gasteiger partial charge in [-0.25, -0.2) is 0 Å². The predicted molar refractivity (Wildman–Crippen MR) is 101 cm³/mol. The third-order valence-corrected chi connectivity index (χ3v) is 4.08.